The minimum atomic E-state index is -1.07. The van der Waals surface area contributed by atoms with Crippen LogP contribution in [0.25, 0.3) is 0 Å². The molecule has 7 nitrogen and oxygen atoms in total. The third-order valence-corrected chi connectivity index (χ3v) is 3.87. The molecule has 0 aromatic heterocycles. The van der Waals surface area contributed by atoms with Gasteiger partial charge in [0.15, 0.2) is 6.29 Å². The maximum atomic E-state index is 12.1. The monoisotopic (exact) mass is 338 g/mol. The van der Waals surface area contributed by atoms with Gasteiger partial charge in [0, 0.05) is 23.9 Å². The molecule has 0 radical (unpaired) electrons. The molecule has 128 valence electrons. The molecule has 0 bridgehead atoms. The summed E-state index contributed by atoms with van der Waals surface area (Å²) in [5.74, 6) is -1.31. The standard InChI is InChI=1S/C18H18N4O3/c19-18-20-10-12-9-11(5-7-14(12)22-18)6-8-16(23)21-15-4-2-1-3-13(15)17(24)25/h1-5,7,9-10,18,22H,6,8,19H2,(H,21,23)(H,24,25). The first-order valence-electron chi connectivity index (χ1n) is 7.83. The maximum Gasteiger partial charge on any atom is 0.337 e. The molecule has 1 aliphatic heterocycles. The van der Waals surface area contributed by atoms with E-state index in [-0.39, 0.29) is 17.9 Å². The highest BCUT2D eigenvalue weighted by molar-refractivity contribution is 6.00. The molecule has 0 fully saturated rings. The largest absolute Gasteiger partial charge is 0.478 e. The summed E-state index contributed by atoms with van der Waals surface area (Å²) in [6, 6.07) is 12.1. The molecule has 1 unspecified atom stereocenters. The second-order valence-corrected chi connectivity index (χ2v) is 5.69. The van der Waals surface area contributed by atoms with E-state index in [0.29, 0.717) is 12.1 Å². The van der Waals surface area contributed by atoms with Crippen molar-refractivity contribution in [3.05, 3.63) is 59.2 Å². The van der Waals surface area contributed by atoms with Gasteiger partial charge in [-0.1, -0.05) is 18.2 Å². The van der Waals surface area contributed by atoms with Crippen LogP contribution in [-0.4, -0.2) is 29.5 Å². The molecular formula is C18H18N4O3. The molecule has 7 heteroatoms. The lowest BCUT2D eigenvalue weighted by molar-refractivity contribution is -0.116. The van der Waals surface area contributed by atoms with Crippen LogP contribution in [0.3, 0.4) is 0 Å². The van der Waals surface area contributed by atoms with Crippen molar-refractivity contribution in [1.29, 1.82) is 0 Å². The second kappa shape index (κ2) is 7.14. The summed E-state index contributed by atoms with van der Waals surface area (Å²) in [4.78, 5) is 27.4. The fraction of sp³-hybridized carbons (Fsp3) is 0.167. The summed E-state index contributed by atoms with van der Waals surface area (Å²) in [5, 5.41) is 14.8. The Morgan fingerprint density at radius 1 is 1.24 bits per heavy atom. The topological polar surface area (TPSA) is 117 Å². The van der Waals surface area contributed by atoms with E-state index in [9.17, 15) is 9.59 Å². The van der Waals surface area contributed by atoms with Crippen LogP contribution < -0.4 is 16.4 Å². The first-order valence-corrected chi connectivity index (χ1v) is 7.83. The van der Waals surface area contributed by atoms with E-state index in [1.165, 1.54) is 6.07 Å². The second-order valence-electron chi connectivity index (χ2n) is 5.69. The van der Waals surface area contributed by atoms with Gasteiger partial charge in [-0.15, -0.1) is 0 Å². The molecule has 2 aromatic rings. The molecule has 0 spiro atoms. The zero-order valence-electron chi connectivity index (χ0n) is 13.4. The number of anilines is 2. The number of nitrogens with one attached hydrogen (secondary N) is 2. The number of para-hydroxylation sites is 1. The average molecular weight is 338 g/mol. The average Bonchev–Trinajstić information content (AvgIpc) is 2.60. The van der Waals surface area contributed by atoms with Gasteiger partial charge in [-0.05, 0) is 36.2 Å². The van der Waals surface area contributed by atoms with Gasteiger partial charge in [0.05, 0.1) is 11.3 Å². The van der Waals surface area contributed by atoms with E-state index in [0.717, 1.165) is 16.8 Å². The van der Waals surface area contributed by atoms with Gasteiger partial charge in [-0.3, -0.25) is 15.5 Å². The predicted molar refractivity (Wildman–Crippen MR) is 96.0 cm³/mol. The number of aromatic carboxylic acids is 1. The maximum absolute atomic E-state index is 12.1. The first-order chi connectivity index (χ1) is 12.0. The Morgan fingerprint density at radius 2 is 2.04 bits per heavy atom. The summed E-state index contributed by atoms with van der Waals surface area (Å²) in [6.07, 6.45) is 2.06. The van der Waals surface area contributed by atoms with E-state index >= 15 is 0 Å². The minimum absolute atomic E-state index is 0.0725. The quantitative estimate of drug-likeness (QED) is 0.665. The molecule has 5 N–H and O–H groups in total. The molecule has 0 saturated carbocycles. The lowest BCUT2D eigenvalue weighted by atomic mass is 10.0. The number of nitrogens with zero attached hydrogens (tertiary/aromatic N) is 1. The highest BCUT2D eigenvalue weighted by atomic mass is 16.4. The molecule has 0 saturated heterocycles. The fourth-order valence-corrected chi connectivity index (χ4v) is 2.61. The summed E-state index contributed by atoms with van der Waals surface area (Å²) >= 11 is 0. The molecule has 1 heterocycles. The lowest BCUT2D eigenvalue weighted by Crippen LogP contribution is -2.30. The molecule has 3 rings (SSSR count). The summed E-state index contributed by atoms with van der Waals surface area (Å²) in [5.41, 5.74) is 8.89. The number of amides is 1. The van der Waals surface area contributed by atoms with Gasteiger partial charge in [-0.25, -0.2) is 4.79 Å². The van der Waals surface area contributed by atoms with Gasteiger partial charge in [0.2, 0.25) is 5.91 Å². The number of nitrogens with two attached hydrogens (primary N) is 1. The van der Waals surface area contributed by atoms with Crippen LogP contribution in [0.5, 0.6) is 0 Å². The number of aliphatic imine (C=N–C) groups is 1. The highest BCUT2D eigenvalue weighted by Gasteiger charge is 2.13. The number of aryl methyl sites for hydroxylation is 1. The van der Waals surface area contributed by atoms with E-state index in [1.54, 1.807) is 24.4 Å². The highest BCUT2D eigenvalue weighted by Crippen LogP contribution is 2.21. The number of rotatable bonds is 5. The first kappa shape index (κ1) is 16.7. The third kappa shape index (κ3) is 4.02. The number of carbonyl (C=O) groups excluding carboxylic acids is 1. The molecule has 25 heavy (non-hydrogen) atoms. The van der Waals surface area contributed by atoms with Crippen LogP contribution in [0.15, 0.2) is 47.5 Å². The van der Waals surface area contributed by atoms with Crippen molar-refractivity contribution in [2.45, 2.75) is 19.1 Å². The van der Waals surface area contributed by atoms with Crippen LogP contribution in [-0.2, 0) is 11.2 Å². The zero-order chi connectivity index (χ0) is 17.8. The van der Waals surface area contributed by atoms with E-state index in [1.807, 2.05) is 18.2 Å². The Kier molecular flexibility index (Phi) is 4.76. The Hall–Kier alpha value is -3.19. The van der Waals surface area contributed by atoms with E-state index < -0.39 is 12.3 Å². The molecular weight excluding hydrogens is 320 g/mol. The Labute approximate surface area is 144 Å². The number of hydrogen-bond acceptors (Lipinski definition) is 5. The van der Waals surface area contributed by atoms with Crippen LogP contribution in [0.4, 0.5) is 11.4 Å². The number of carboxylic acids is 1. The van der Waals surface area contributed by atoms with E-state index in [2.05, 4.69) is 15.6 Å². The van der Waals surface area contributed by atoms with Crippen molar-refractivity contribution in [2.75, 3.05) is 10.6 Å². The Morgan fingerprint density at radius 3 is 2.84 bits per heavy atom. The summed E-state index contributed by atoms with van der Waals surface area (Å²) < 4.78 is 0. The SMILES string of the molecule is NC1N=Cc2cc(CCC(=O)Nc3ccccc3C(=O)O)ccc2N1. The minimum Gasteiger partial charge on any atom is -0.478 e. The van der Waals surface area contributed by atoms with Crippen molar-refractivity contribution < 1.29 is 14.7 Å². The number of fused-ring (bicyclic) bond motifs is 1. The third-order valence-electron chi connectivity index (χ3n) is 3.87. The van der Waals surface area contributed by atoms with Crippen molar-refractivity contribution in [3.8, 4) is 0 Å². The van der Waals surface area contributed by atoms with Crippen molar-refractivity contribution in [3.63, 3.8) is 0 Å². The van der Waals surface area contributed by atoms with Gasteiger partial charge in [0.25, 0.3) is 0 Å². The number of benzene rings is 2. The molecule has 0 aliphatic carbocycles. The van der Waals surface area contributed by atoms with Crippen LogP contribution in [0.2, 0.25) is 0 Å². The Bertz CT molecular complexity index is 848. The van der Waals surface area contributed by atoms with Crippen LogP contribution >= 0.6 is 0 Å². The fourth-order valence-electron chi connectivity index (χ4n) is 2.61. The molecule has 1 amide bonds. The van der Waals surface area contributed by atoms with Gasteiger partial charge in [-0.2, -0.15) is 0 Å². The van der Waals surface area contributed by atoms with Crippen LogP contribution in [0, 0.1) is 0 Å². The van der Waals surface area contributed by atoms with Crippen molar-refractivity contribution >= 4 is 29.5 Å². The zero-order valence-corrected chi connectivity index (χ0v) is 13.4. The number of carboxylic acid groups (broad SMARTS) is 1. The normalized spacial score (nSPS) is 15.2. The summed E-state index contributed by atoms with van der Waals surface area (Å²) in [7, 11) is 0. The molecule has 2 aromatic carbocycles. The van der Waals surface area contributed by atoms with Gasteiger partial charge >= 0.3 is 5.97 Å². The summed E-state index contributed by atoms with van der Waals surface area (Å²) in [6.45, 7) is 0. The van der Waals surface area contributed by atoms with Gasteiger partial charge in [0.1, 0.15) is 0 Å². The van der Waals surface area contributed by atoms with Crippen molar-refractivity contribution in [2.24, 2.45) is 10.7 Å². The smallest absolute Gasteiger partial charge is 0.337 e. The number of carbonyl (C=O) groups is 2. The lowest BCUT2D eigenvalue weighted by Gasteiger charge is -2.18. The predicted octanol–water partition coefficient (Wildman–Crippen LogP) is 2.04. The molecule has 1 aliphatic rings. The van der Waals surface area contributed by atoms with Crippen molar-refractivity contribution in [1.82, 2.24) is 0 Å². The Balaban J connectivity index is 1.62. The van der Waals surface area contributed by atoms with Crippen LogP contribution in [0.1, 0.15) is 27.9 Å². The van der Waals surface area contributed by atoms with E-state index in [4.69, 9.17) is 10.8 Å². The number of hydrogen-bond donors (Lipinski definition) is 4. The molecule has 1 atom stereocenters. The van der Waals surface area contributed by atoms with Gasteiger partial charge < -0.3 is 15.7 Å².